The predicted octanol–water partition coefficient (Wildman–Crippen LogP) is 2.26. The van der Waals surface area contributed by atoms with Crippen LogP contribution in [0.5, 0.6) is 0 Å². The SMILES string of the molecule is COC(=O)c1csc([N+]2(C)C(=O)C3(Cc4ccccc42)C[N+]32C(=O)N[C@H](C3C=C4OCOC4=CC3)C2=O)n1. The Kier molecular flexibility index (Phi) is 4.65. The number of hydrogen-bond donors (Lipinski definition) is 1. The minimum atomic E-state index is -1.27. The number of ether oxygens (including phenoxy) is 3. The third-order valence-electron chi connectivity index (χ3n) is 8.46. The Morgan fingerprint density at radius 1 is 1.21 bits per heavy atom. The fourth-order valence-electron chi connectivity index (χ4n) is 6.46. The Hall–Kier alpha value is -3.87. The summed E-state index contributed by atoms with van der Waals surface area (Å²) in [7, 11) is 2.98. The normalized spacial score (nSPS) is 34.6. The molecule has 194 valence electrons. The number of fused-ring (bicyclic) bond motifs is 3. The summed E-state index contributed by atoms with van der Waals surface area (Å²) in [4.78, 5) is 58.7. The van der Waals surface area contributed by atoms with Crippen LogP contribution in [0.15, 0.2) is 53.3 Å². The molecule has 1 aliphatic carbocycles. The number of urea groups is 1. The molecular formula is C26H24N4O7S+2. The molecule has 0 bridgehead atoms. The van der Waals surface area contributed by atoms with Gasteiger partial charge in [-0.05, 0) is 18.6 Å². The van der Waals surface area contributed by atoms with Crippen molar-refractivity contribution in [1.29, 1.82) is 0 Å². The molecule has 5 heterocycles. The molecular weight excluding hydrogens is 512 g/mol. The summed E-state index contributed by atoms with van der Waals surface area (Å²) in [5.41, 5.74) is 0.386. The van der Waals surface area contributed by atoms with Crippen LogP contribution < -0.4 is 9.80 Å². The highest BCUT2D eigenvalue weighted by Crippen LogP contribution is 2.57. The zero-order valence-corrected chi connectivity index (χ0v) is 21.4. The molecule has 3 saturated heterocycles. The molecule has 7 rings (SSSR count). The van der Waals surface area contributed by atoms with Crippen molar-refractivity contribution < 1.29 is 37.9 Å². The average Bonchev–Trinajstić information content (AvgIpc) is 3.31. The van der Waals surface area contributed by atoms with Crippen LogP contribution in [0.3, 0.4) is 0 Å². The number of hydrogen-bond acceptors (Lipinski definition) is 9. The van der Waals surface area contributed by atoms with Gasteiger partial charge in [0.05, 0.1) is 20.6 Å². The molecule has 1 aromatic carbocycles. The van der Waals surface area contributed by atoms with Gasteiger partial charge in [-0.3, -0.25) is 5.32 Å². The van der Waals surface area contributed by atoms with Crippen molar-refractivity contribution in [2.24, 2.45) is 5.92 Å². The molecule has 11 nitrogen and oxygen atoms in total. The van der Waals surface area contributed by atoms with Crippen molar-refractivity contribution in [1.82, 2.24) is 14.8 Å². The second kappa shape index (κ2) is 7.59. The highest BCUT2D eigenvalue weighted by Gasteiger charge is 2.90. The lowest BCUT2D eigenvalue weighted by atomic mass is 9.88. The van der Waals surface area contributed by atoms with E-state index in [0.29, 0.717) is 28.8 Å². The van der Waals surface area contributed by atoms with E-state index in [1.165, 1.54) is 18.4 Å². The summed E-state index contributed by atoms with van der Waals surface area (Å²) in [5.74, 6) is -0.320. The molecule has 38 heavy (non-hydrogen) atoms. The van der Waals surface area contributed by atoms with Gasteiger partial charge in [0.1, 0.15) is 0 Å². The van der Waals surface area contributed by atoms with Crippen molar-refractivity contribution in [3.05, 3.63) is 64.6 Å². The lowest BCUT2D eigenvalue weighted by molar-refractivity contribution is -0.650. The number of amides is 4. The second-order valence-corrected chi connectivity index (χ2v) is 11.1. The van der Waals surface area contributed by atoms with E-state index < -0.39 is 28.1 Å². The van der Waals surface area contributed by atoms with Crippen molar-refractivity contribution in [2.45, 2.75) is 24.4 Å². The van der Waals surface area contributed by atoms with Crippen LogP contribution in [0.4, 0.5) is 15.6 Å². The first-order chi connectivity index (χ1) is 18.3. The maximum absolute atomic E-state index is 14.5. The summed E-state index contributed by atoms with van der Waals surface area (Å²) in [6.45, 7) is 0.200. The summed E-state index contributed by atoms with van der Waals surface area (Å²) >= 11 is 1.17. The number of nitrogens with one attached hydrogen (secondary N) is 1. The van der Waals surface area contributed by atoms with E-state index >= 15 is 0 Å². The Labute approximate surface area is 221 Å². The number of carbonyl (C=O) groups excluding carboxylic acids is 4. The van der Waals surface area contributed by atoms with Gasteiger partial charge in [0.2, 0.25) is 6.79 Å². The lowest BCUT2D eigenvalue weighted by Gasteiger charge is -2.35. The number of nitrogens with zero attached hydrogens (tertiary/aromatic N) is 3. The first-order valence-electron chi connectivity index (χ1n) is 12.2. The van der Waals surface area contributed by atoms with E-state index in [1.807, 2.05) is 36.4 Å². The maximum atomic E-state index is 14.5. The molecule has 4 unspecified atom stereocenters. The Balaban J connectivity index is 1.29. The first kappa shape index (κ1) is 23.3. The zero-order chi connectivity index (χ0) is 26.4. The Bertz CT molecular complexity index is 1530. The van der Waals surface area contributed by atoms with E-state index in [9.17, 15) is 19.2 Å². The number of thiazole rings is 1. The van der Waals surface area contributed by atoms with Crippen molar-refractivity contribution in [3.8, 4) is 0 Å². The van der Waals surface area contributed by atoms with Gasteiger partial charge in [-0.1, -0.05) is 29.5 Å². The molecule has 3 fully saturated rings. The van der Waals surface area contributed by atoms with Gasteiger partial charge in [0, 0.05) is 22.9 Å². The monoisotopic (exact) mass is 536 g/mol. The average molecular weight is 537 g/mol. The Morgan fingerprint density at radius 3 is 2.82 bits per heavy atom. The number of para-hydroxylation sites is 1. The van der Waals surface area contributed by atoms with Crippen LogP contribution in [0.1, 0.15) is 22.5 Å². The molecule has 5 atom stereocenters. The third kappa shape index (κ3) is 2.71. The number of imide groups is 1. The van der Waals surface area contributed by atoms with E-state index in [1.54, 1.807) is 12.4 Å². The molecule has 4 amide bonds. The van der Waals surface area contributed by atoms with Crippen molar-refractivity contribution in [3.63, 3.8) is 0 Å². The summed E-state index contributed by atoms with van der Waals surface area (Å²) < 4.78 is 14.8. The number of likely N-dealkylation sites (N-methyl/N-ethyl adjacent to an activating group) is 1. The fourth-order valence-corrected chi connectivity index (χ4v) is 7.37. The number of esters is 1. The minimum absolute atomic E-state index is 0.0778. The van der Waals surface area contributed by atoms with Crippen LogP contribution in [-0.2, 0) is 30.2 Å². The number of methoxy groups -OCH3 is 1. The largest absolute Gasteiger partial charge is 0.464 e. The molecule has 2 aromatic rings. The smallest absolute Gasteiger partial charge is 0.426 e. The van der Waals surface area contributed by atoms with Gasteiger partial charge < -0.3 is 14.2 Å². The molecule has 2 spiro atoms. The van der Waals surface area contributed by atoms with Crippen LogP contribution in [0.2, 0.25) is 0 Å². The molecule has 4 aliphatic heterocycles. The van der Waals surface area contributed by atoms with Crippen molar-refractivity contribution >= 4 is 46.0 Å². The lowest BCUT2D eigenvalue weighted by Crippen LogP contribution is -2.62. The number of aromatic nitrogens is 1. The highest BCUT2D eigenvalue weighted by atomic mass is 32.1. The molecule has 1 aromatic heterocycles. The predicted molar refractivity (Wildman–Crippen MR) is 132 cm³/mol. The second-order valence-electron chi connectivity index (χ2n) is 10.3. The standard InChI is InChI=1S/C26H23N4O7S/c1-29(25-27-16(11-38-25)22(32)35-2)17-6-4-3-5-15(17)10-26(23(29)33)12-30(26)21(31)20(28-24(30)34)14-7-8-18-19(9-14)37-13-36-18/h3-6,8-9,11,14,20H,7,10,12-13H2,1-2H3/q+1/p+1/t14?,20-,26?,29?,30?/m1/s1. The summed E-state index contributed by atoms with van der Waals surface area (Å²) in [5, 5.41) is 4.81. The van der Waals surface area contributed by atoms with Crippen LogP contribution in [0.25, 0.3) is 0 Å². The summed E-state index contributed by atoms with van der Waals surface area (Å²) in [6, 6.07) is 6.22. The van der Waals surface area contributed by atoms with Crippen LogP contribution in [-0.4, -0.2) is 72.4 Å². The van der Waals surface area contributed by atoms with Gasteiger partial charge >= 0.3 is 23.8 Å². The molecule has 0 radical (unpaired) electrons. The summed E-state index contributed by atoms with van der Waals surface area (Å²) in [6.07, 6.45) is 4.45. The van der Waals surface area contributed by atoms with E-state index in [-0.39, 0.29) is 47.7 Å². The molecule has 1 N–H and O–H groups in total. The quantitative estimate of drug-likeness (QED) is 0.275. The molecule has 12 heteroatoms. The van der Waals surface area contributed by atoms with E-state index in [2.05, 4.69) is 10.3 Å². The van der Waals surface area contributed by atoms with Crippen LogP contribution >= 0.6 is 11.3 Å². The van der Waals surface area contributed by atoms with Crippen molar-refractivity contribution in [2.75, 3.05) is 27.5 Å². The molecule has 5 aliphatic rings. The van der Waals surface area contributed by atoms with E-state index in [0.717, 1.165) is 5.56 Å². The molecule has 0 saturated carbocycles. The van der Waals surface area contributed by atoms with Gasteiger partial charge in [-0.2, -0.15) is 9.47 Å². The maximum Gasteiger partial charge on any atom is 0.426 e. The van der Waals surface area contributed by atoms with E-state index in [4.69, 9.17) is 14.2 Å². The highest BCUT2D eigenvalue weighted by molar-refractivity contribution is 7.14. The van der Waals surface area contributed by atoms with Gasteiger partial charge in [-0.25, -0.2) is 19.2 Å². The number of benzene rings is 1. The topological polar surface area (TPSA) is 121 Å². The third-order valence-corrected chi connectivity index (χ3v) is 9.47. The minimum Gasteiger partial charge on any atom is -0.464 e. The van der Waals surface area contributed by atoms with Crippen LogP contribution in [0, 0.1) is 5.92 Å². The Morgan fingerprint density at radius 2 is 2.00 bits per heavy atom. The van der Waals surface area contributed by atoms with Gasteiger partial charge in [-0.15, -0.1) is 4.48 Å². The number of quaternary nitrogens is 2. The number of rotatable bonds is 3. The first-order valence-corrected chi connectivity index (χ1v) is 13.1. The number of allylic oxidation sites excluding steroid dienone is 1. The van der Waals surface area contributed by atoms with Gasteiger partial charge in [0.15, 0.2) is 35.5 Å². The zero-order valence-electron chi connectivity index (χ0n) is 20.6. The number of carbonyl (C=O) groups is 4. The fraction of sp³-hybridized carbons (Fsp3) is 0.346. The van der Waals surface area contributed by atoms with Gasteiger partial charge in [0.25, 0.3) is 10.7 Å².